The van der Waals surface area contributed by atoms with Crippen molar-refractivity contribution < 1.29 is 9.90 Å². The predicted octanol–water partition coefficient (Wildman–Crippen LogP) is 6.57. The quantitative estimate of drug-likeness (QED) is 0.296. The lowest BCUT2D eigenvalue weighted by atomic mass is 9.89. The number of fused-ring (bicyclic) bond motifs is 1. The van der Waals surface area contributed by atoms with Gasteiger partial charge in [0.25, 0.3) is 0 Å². The van der Waals surface area contributed by atoms with Crippen LogP contribution in [0.5, 0.6) is 0 Å². The van der Waals surface area contributed by atoms with Gasteiger partial charge in [-0.2, -0.15) is 0 Å². The van der Waals surface area contributed by atoms with Gasteiger partial charge in [-0.25, -0.2) is 9.78 Å². The third-order valence-electron chi connectivity index (χ3n) is 6.90. The summed E-state index contributed by atoms with van der Waals surface area (Å²) in [6, 6.07) is 20.7. The van der Waals surface area contributed by atoms with E-state index in [1.807, 2.05) is 13.0 Å². The number of imidazole rings is 1. The molecule has 0 saturated heterocycles. The van der Waals surface area contributed by atoms with Crippen LogP contribution in [0.25, 0.3) is 33.3 Å². The highest BCUT2D eigenvalue weighted by molar-refractivity contribution is 6.03. The molecule has 1 heterocycles. The van der Waals surface area contributed by atoms with E-state index in [9.17, 15) is 9.90 Å². The number of nitrogens with one attached hydrogen (secondary N) is 2. The molecule has 3 aromatic carbocycles. The number of H-pyrrole nitrogens is 1. The van der Waals surface area contributed by atoms with E-state index in [-0.39, 0.29) is 5.56 Å². The van der Waals surface area contributed by atoms with Gasteiger partial charge in [-0.15, -0.1) is 0 Å². The van der Waals surface area contributed by atoms with Crippen molar-refractivity contribution in [3.63, 3.8) is 0 Å². The average Bonchev–Trinajstić information content (AvgIpc) is 3.24. The highest BCUT2D eigenvalue weighted by atomic mass is 16.4. The number of carbonyl (C=O) groups is 1. The van der Waals surface area contributed by atoms with Gasteiger partial charge in [0.15, 0.2) is 0 Å². The standard InChI is InChI=1S/C29H31N3O2/c1-19-31-27-16-25(15-26(29(33)34)28(27)32-19)23-12-10-22(11-13-23)24-9-5-8-21(14-24)18-30-17-20-6-3-2-4-7-20/h5,8-16,20,30H,2-4,6-7,17-18H2,1H3,(H,31,32)(H,33,34). The van der Waals surface area contributed by atoms with Crippen molar-refractivity contribution in [1.82, 2.24) is 15.3 Å². The minimum Gasteiger partial charge on any atom is -0.478 e. The number of rotatable bonds is 7. The first-order valence-corrected chi connectivity index (χ1v) is 12.2. The van der Waals surface area contributed by atoms with Crippen LogP contribution in [0.3, 0.4) is 0 Å². The third-order valence-corrected chi connectivity index (χ3v) is 6.90. The molecule has 5 heteroatoms. The summed E-state index contributed by atoms with van der Waals surface area (Å²) in [5.74, 6) is 0.568. The number of aromatic nitrogens is 2. The van der Waals surface area contributed by atoms with E-state index in [0.29, 0.717) is 11.3 Å². The summed E-state index contributed by atoms with van der Waals surface area (Å²) in [7, 11) is 0. The molecule has 34 heavy (non-hydrogen) atoms. The zero-order valence-corrected chi connectivity index (χ0v) is 19.6. The Morgan fingerprint density at radius 1 is 0.971 bits per heavy atom. The topological polar surface area (TPSA) is 78.0 Å². The third kappa shape index (κ3) is 4.90. The lowest BCUT2D eigenvalue weighted by molar-refractivity contribution is 0.0699. The van der Waals surface area contributed by atoms with Crippen molar-refractivity contribution in [1.29, 1.82) is 0 Å². The largest absolute Gasteiger partial charge is 0.478 e. The number of aromatic amines is 1. The number of benzene rings is 3. The van der Waals surface area contributed by atoms with Gasteiger partial charge in [0.05, 0.1) is 11.1 Å². The highest BCUT2D eigenvalue weighted by Gasteiger charge is 2.15. The van der Waals surface area contributed by atoms with Gasteiger partial charge in [0.1, 0.15) is 11.3 Å². The predicted molar refractivity (Wildman–Crippen MR) is 137 cm³/mol. The normalized spacial score (nSPS) is 14.5. The minimum atomic E-state index is -0.969. The van der Waals surface area contributed by atoms with E-state index >= 15 is 0 Å². The maximum Gasteiger partial charge on any atom is 0.337 e. The molecule has 1 aliphatic rings. The van der Waals surface area contributed by atoms with Gasteiger partial charge in [-0.05, 0) is 78.2 Å². The molecule has 0 spiro atoms. The van der Waals surface area contributed by atoms with E-state index in [4.69, 9.17) is 0 Å². The summed E-state index contributed by atoms with van der Waals surface area (Å²) < 4.78 is 0. The van der Waals surface area contributed by atoms with Gasteiger partial charge in [0, 0.05) is 6.54 Å². The Morgan fingerprint density at radius 3 is 2.44 bits per heavy atom. The molecule has 1 saturated carbocycles. The number of hydrogen-bond acceptors (Lipinski definition) is 3. The monoisotopic (exact) mass is 453 g/mol. The number of nitrogens with zero attached hydrogens (tertiary/aromatic N) is 1. The second-order valence-corrected chi connectivity index (χ2v) is 9.46. The van der Waals surface area contributed by atoms with Crippen molar-refractivity contribution >= 4 is 17.0 Å². The molecular formula is C29H31N3O2. The second kappa shape index (κ2) is 9.82. The van der Waals surface area contributed by atoms with Crippen molar-refractivity contribution in [3.05, 3.63) is 77.6 Å². The van der Waals surface area contributed by atoms with Crippen LogP contribution in [-0.2, 0) is 6.54 Å². The van der Waals surface area contributed by atoms with Gasteiger partial charge in [-0.1, -0.05) is 61.7 Å². The second-order valence-electron chi connectivity index (χ2n) is 9.46. The smallest absolute Gasteiger partial charge is 0.337 e. The van der Waals surface area contributed by atoms with E-state index in [1.54, 1.807) is 6.07 Å². The summed E-state index contributed by atoms with van der Waals surface area (Å²) in [6.45, 7) is 3.83. The number of carboxylic acid groups (broad SMARTS) is 1. The number of carboxylic acids is 1. The maximum atomic E-state index is 11.8. The van der Waals surface area contributed by atoms with Gasteiger partial charge in [-0.3, -0.25) is 0 Å². The first kappa shape index (κ1) is 22.4. The molecule has 4 aromatic rings. The van der Waals surface area contributed by atoms with Crippen molar-refractivity contribution in [2.45, 2.75) is 45.6 Å². The van der Waals surface area contributed by atoms with Crippen LogP contribution in [-0.4, -0.2) is 27.6 Å². The first-order valence-electron chi connectivity index (χ1n) is 12.2. The molecule has 0 atom stereocenters. The number of aromatic carboxylic acids is 1. The van der Waals surface area contributed by atoms with E-state index in [0.717, 1.165) is 41.2 Å². The van der Waals surface area contributed by atoms with E-state index < -0.39 is 5.97 Å². The molecule has 0 aliphatic heterocycles. The van der Waals surface area contributed by atoms with Crippen molar-refractivity contribution in [2.24, 2.45) is 5.92 Å². The Kier molecular flexibility index (Phi) is 6.45. The Bertz CT molecular complexity index is 1300. The molecule has 3 N–H and O–H groups in total. The molecule has 1 aliphatic carbocycles. The molecule has 5 nitrogen and oxygen atoms in total. The van der Waals surface area contributed by atoms with Crippen molar-refractivity contribution in [2.75, 3.05) is 6.54 Å². The molecule has 1 aromatic heterocycles. The minimum absolute atomic E-state index is 0.217. The Morgan fingerprint density at radius 2 is 1.71 bits per heavy atom. The summed E-state index contributed by atoms with van der Waals surface area (Å²) in [6.07, 6.45) is 6.88. The molecular weight excluding hydrogens is 422 g/mol. The van der Waals surface area contributed by atoms with Crippen LogP contribution in [0.4, 0.5) is 0 Å². The van der Waals surface area contributed by atoms with E-state index in [2.05, 4.69) is 63.8 Å². The Labute approximate surface area is 200 Å². The summed E-state index contributed by atoms with van der Waals surface area (Å²) >= 11 is 0. The van der Waals surface area contributed by atoms with Crippen LogP contribution in [0.15, 0.2) is 60.7 Å². The lowest BCUT2D eigenvalue weighted by Crippen LogP contribution is -2.24. The molecule has 1 fully saturated rings. The van der Waals surface area contributed by atoms with Crippen LogP contribution in [0, 0.1) is 12.8 Å². The van der Waals surface area contributed by atoms with Crippen LogP contribution >= 0.6 is 0 Å². The molecule has 5 rings (SSSR count). The average molecular weight is 454 g/mol. The Balaban J connectivity index is 1.32. The maximum absolute atomic E-state index is 11.8. The molecule has 174 valence electrons. The van der Waals surface area contributed by atoms with E-state index in [1.165, 1.54) is 43.2 Å². The molecule has 0 bridgehead atoms. The fourth-order valence-corrected chi connectivity index (χ4v) is 5.10. The zero-order valence-electron chi connectivity index (χ0n) is 19.6. The molecule has 0 radical (unpaired) electrons. The summed E-state index contributed by atoms with van der Waals surface area (Å²) in [5.41, 5.74) is 6.93. The zero-order chi connectivity index (χ0) is 23.5. The first-order chi connectivity index (χ1) is 16.6. The fraction of sp³-hybridized carbons (Fsp3) is 0.310. The fourth-order valence-electron chi connectivity index (χ4n) is 5.10. The van der Waals surface area contributed by atoms with Gasteiger partial charge in [0.2, 0.25) is 0 Å². The van der Waals surface area contributed by atoms with Crippen LogP contribution in [0.1, 0.15) is 53.8 Å². The van der Waals surface area contributed by atoms with Gasteiger partial charge < -0.3 is 15.4 Å². The summed E-state index contributed by atoms with van der Waals surface area (Å²) in [5, 5.41) is 13.3. The highest BCUT2D eigenvalue weighted by Crippen LogP contribution is 2.29. The number of aryl methyl sites for hydroxylation is 1. The van der Waals surface area contributed by atoms with Crippen molar-refractivity contribution in [3.8, 4) is 22.3 Å². The molecule has 0 amide bonds. The van der Waals surface area contributed by atoms with Crippen LogP contribution in [0.2, 0.25) is 0 Å². The molecule has 0 unspecified atom stereocenters. The lowest BCUT2D eigenvalue weighted by Gasteiger charge is -2.21. The summed E-state index contributed by atoms with van der Waals surface area (Å²) in [4.78, 5) is 19.3. The van der Waals surface area contributed by atoms with Gasteiger partial charge >= 0.3 is 5.97 Å². The SMILES string of the molecule is Cc1nc2c(C(=O)O)cc(-c3ccc(-c4cccc(CNCC5CCCCC5)c4)cc3)cc2[nH]1. The van der Waals surface area contributed by atoms with Crippen LogP contribution < -0.4 is 5.32 Å². The number of hydrogen-bond donors (Lipinski definition) is 3. The Hall–Kier alpha value is -3.44.